The Kier molecular flexibility index (Phi) is 3.02. The second kappa shape index (κ2) is 4.28. The number of likely N-dealkylation sites (tertiary alicyclic amines) is 1. The van der Waals surface area contributed by atoms with E-state index in [1.807, 2.05) is 11.7 Å². The minimum atomic E-state index is -0.683. The van der Waals surface area contributed by atoms with Crippen LogP contribution in [0.2, 0.25) is 0 Å². The fourth-order valence-corrected chi connectivity index (χ4v) is 2.43. The molecule has 1 atom stereocenters. The highest BCUT2D eigenvalue weighted by Gasteiger charge is 2.34. The molecular formula is C10H14N2O2S. The number of aromatic nitrogens is 1. The molecule has 1 saturated heterocycles. The normalized spacial score (nSPS) is 19.8. The molecule has 82 valence electrons. The highest BCUT2D eigenvalue weighted by Crippen LogP contribution is 2.26. The summed E-state index contributed by atoms with van der Waals surface area (Å²) in [5.41, 5.74) is 1.83. The minimum absolute atomic E-state index is 0.220. The molecule has 0 spiro atoms. The predicted octanol–water partition coefficient (Wildman–Crippen LogP) is 1.30. The van der Waals surface area contributed by atoms with Gasteiger partial charge in [-0.05, 0) is 5.92 Å². The number of rotatable bonds is 4. The van der Waals surface area contributed by atoms with Crippen LogP contribution in [0.25, 0.3) is 0 Å². The number of carboxylic acids is 1. The second-order valence-corrected chi connectivity index (χ2v) is 5.02. The number of hydrogen-bond acceptors (Lipinski definition) is 4. The van der Waals surface area contributed by atoms with E-state index >= 15 is 0 Å². The van der Waals surface area contributed by atoms with Gasteiger partial charge in [-0.3, -0.25) is 14.7 Å². The summed E-state index contributed by atoms with van der Waals surface area (Å²) in [6.07, 6.45) is 1.87. The van der Waals surface area contributed by atoms with E-state index in [1.54, 1.807) is 18.3 Å². The van der Waals surface area contributed by atoms with Gasteiger partial charge in [-0.15, -0.1) is 11.3 Å². The van der Waals surface area contributed by atoms with Crippen LogP contribution in [0, 0.1) is 11.8 Å². The van der Waals surface area contributed by atoms with Gasteiger partial charge >= 0.3 is 5.97 Å². The van der Waals surface area contributed by atoms with E-state index in [2.05, 4.69) is 9.88 Å². The lowest BCUT2D eigenvalue weighted by Gasteiger charge is -2.40. The maximum Gasteiger partial charge on any atom is 0.306 e. The fourth-order valence-electron chi connectivity index (χ4n) is 1.80. The Morgan fingerprint density at radius 2 is 2.53 bits per heavy atom. The number of hydrogen-bond donors (Lipinski definition) is 1. The summed E-state index contributed by atoms with van der Waals surface area (Å²) in [5.74, 6) is -0.587. The average molecular weight is 226 g/mol. The maximum atomic E-state index is 10.7. The molecule has 1 aliphatic rings. The first-order valence-corrected chi connectivity index (χ1v) is 5.87. The Hall–Kier alpha value is -0.940. The molecule has 2 rings (SSSR count). The van der Waals surface area contributed by atoms with Gasteiger partial charge in [-0.2, -0.15) is 0 Å². The highest BCUT2D eigenvalue weighted by molar-refractivity contribution is 7.09. The molecule has 15 heavy (non-hydrogen) atoms. The topological polar surface area (TPSA) is 53.4 Å². The molecule has 0 amide bonds. The summed E-state index contributed by atoms with van der Waals surface area (Å²) >= 11 is 1.65. The van der Waals surface area contributed by atoms with Crippen molar-refractivity contribution in [3.05, 3.63) is 16.6 Å². The minimum Gasteiger partial charge on any atom is -0.481 e. The monoisotopic (exact) mass is 226 g/mol. The quantitative estimate of drug-likeness (QED) is 0.840. The zero-order valence-electron chi connectivity index (χ0n) is 8.59. The Balaban J connectivity index is 1.76. The van der Waals surface area contributed by atoms with Crippen molar-refractivity contribution in [2.45, 2.75) is 13.5 Å². The van der Waals surface area contributed by atoms with Gasteiger partial charge < -0.3 is 5.11 Å². The van der Waals surface area contributed by atoms with Crippen LogP contribution in [-0.2, 0) is 11.3 Å². The van der Waals surface area contributed by atoms with E-state index in [0.717, 1.165) is 19.6 Å². The van der Waals surface area contributed by atoms with Crippen LogP contribution in [0.3, 0.4) is 0 Å². The molecule has 1 aromatic heterocycles. The third kappa shape index (κ3) is 2.35. The van der Waals surface area contributed by atoms with Gasteiger partial charge in [0.2, 0.25) is 0 Å². The summed E-state index contributed by atoms with van der Waals surface area (Å²) in [6, 6.07) is 0. The van der Waals surface area contributed by atoms with Gasteiger partial charge in [-0.25, -0.2) is 0 Å². The van der Waals surface area contributed by atoms with Gasteiger partial charge in [0.15, 0.2) is 0 Å². The molecular weight excluding hydrogens is 212 g/mol. The first-order chi connectivity index (χ1) is 7.16. The van der Waals surface area contributed by atoms with Gasteiger partial charge in [0.25, 0.3) is 0 Å². The standard InChI is InChI=1S/C10H14N2O2S/c1-7(10(13)14)8-3-12(4-8)5-9-2-11-6-15-9/h2,6-8H,3-5H2,1H3,(H,13,14). The summed E-state index contributed by atoms with van der Waals surface area (Å²) in [5, 5.41) is 8.83. The molecule has 1 fully saturated rings. The SMILES string of the molecule is CC(C(=O)O)C1CN(Cc2cncs2)C1. The van der Waals surface area contributed by atoms with E-state index < -0.39 is 5.97 Å². The van der Waals surface area contributed by atoms with Crippen LogP contribution >= 0.6 is 11.3 Å². The summed E-state index contributed by atoms with van der Waals surface area (Å²) in [6.45, 7) is 4.49. The van der Waals surface area contributed by atoms with E-state index in [-0.39, 0.29) is 5.92 Å². The molecule has 1 unspecified atom stereocenters. The van der Waals surface area contributed by atoms with Crippen molar-refractivity contribution in [1.29, 1.82) is 0 Å². The molecule has 0 radical (unpaired) electrons. The number of carboxylic acid groups (broad SMARTS) is 1. The van der Waals surface area contributed by atoms with E-state index in [1.165, 1.54) is 4.88 Å². The van der Waals surface area contributed by atoms with Crippen LogP contribution in [-0.4, -0.2) is 34.0 Å². The number of aliphatic carboxylic acids is 1. The number of thiazole rings is 1. The number of nitrogens with zero attached hydrogens (tertiary/aromatic N) is 2. The molecule has 0 aromatic carbocycles. The Bertz CT molecular complexity index is 333. The van der Waals surface area contributed by atoms with Crippen molar-refractivity contribution in [2.75, 3.05) is 13.1 Å². The Morgan fingerprint density at radius 1 is 1.80 bits per heavy atom. The summed E-state index contributed by atoms with van der Waals surface area (Å²) in [4.78, 5) is 18.3. The van der Waals surface area contributed by atoms with Gasteiger partial charge in [0.05, 0.1) is 11.4 Å². The van der Waals surface area contributed by atoms with Crippen LogP contribution < -0.4 is 0 Å². The molecule has 1 aromatic rings. The molecule has 0 bridgehead atoms. The van der Waals surface area contributed by atoms with Crippen LogP contribution in [0.15, 0.2) is 11.7 Å². The summed E-state index contributed by atoms with van der Waals surface area (Å²) in [7, 11) is 0. The van der Waals surface area contributed by atoms with Gasteiger partial charge in [0.1, 0.15) is 0 Å². The molecule has 5 heteroatoms. The lowest BCUT2D eigenvalue weighted by atomic mass is 9.87. The molecule has 1 N–H and O–H groups in total. The van der Waals surface area contributed by atoms with Crippen molar-refractivity contribution in [2.24, 2.45) is 11.8 Å². The van der Waals surface area contributed by atoms with Crippen molar-refractivity contribution in [1.82, 2.24) is 9.88 Å². The first-order valence-electron chi connectivity index (χ1n) is 4.99. The molecule has 2 heterocycles. The lowest BCUT2D eigenvalue weighted by Crippen LogP contribution is -2.50. The predicted molar refractivity (Wildman–Crippen MR) is 57.7 cm³/mol. The van der Waals surface area contributed by atoms with Gasteiger partial charge in [-0.1, -0.05) is 6.92 Å². The van der Waals surface area contributed by atoms with Crippen molar-refractivity contribution < 1.29 is 9.90 Å². The van der Waals surface area contributed by atoms with Crippen LogP contribution in [0.5, 0.6) is 0 Å². The fraction of sp³-hybridized carbons (Fsp3) is 0.600. The maximum absolute atomic E-state index is 10.7. The zero-order valence-corrected chi connectivity index (χ0v) is 9.41. The molecule has 4 nitrogen and oxygen atoms in total. The molecule has 0 aliphatic carbocycles. The van der Waals surface area contributed by atoms with Crippen molar-refractivity contribution in [3.63, 3.8) is 0 Å². The first kappa shape index (κ1) is 10.6. The molecule has 0 saturated carbocycles. The van der Waals surface area contributed by atoms with E-state index in [9.17, 15) is 4.79 Å². The second-order valence-electron chi connectivity index (χ2n) is 4.05. The zero-order chi connectivity index (χ0) is 10.8. The lowest BCUT2D eigenvalue weighted by molar-refractivity contribution is -0.145. The third-order valence-corrected chi connectivity index (χ3v) is 3.71. The van der Waals surface area contributed by atoms with Gasteiger partial charge in [0, 0.05) is 30.7 Å². The van der Waals surface area contributed by atoms with Crippen LogP contribution in [0.4, 0.5) is 0 Å². The smallest absolute Gasteiger partial charge is 0.306 e. The van der Waals surface area contributed by atoms with Crippen LogP contribution in [0.1, 0.15) is 11.8 Å². The Labute approximate surface area is 92.6 Å². The Morgan fingerprint density at radius 3 is 3.07 bits per heavy atom. The largest absolute Gasteiger partial charge is 0.481 e. The average Bonchev–Trinajstić information content (AvgIpc) is 2.61. The van der Waals surface area contributed by atoms with Crippen molar-refractivity contribution in [3.8, 4) is 0 Å². The van der Waals surface area contributed by atoms with E-state index in [0.29, 0.717) is 5.92 Å². The van der Waals surface area contributed by atoms with Crippen molar-refractivity contribution >= 4 is 17.3 Å². The molecule has 1 aliphatic heterocycles. The van der Waals surface area contributed by atoms with E-state index in [4.69, 9.17) is 5.11 Å². The third-order valence-electron chi connectivity index (χ3n) is 2.94. The highest BCUT2D eigenvalue weighted by atomic mass is 32.1. The summed E-state index contributed by atoms with van der Waals surface area (Å²) < 4.78 is 0. The number of carbonyl (C=O) groups is 1.